The van der Waals surface area contributed by atoms with Crippen molar-refractivity contribution in [1.29, 1.82) is 0 Å². The average Bonchev–Trinajstić information content (AvgIpc) is 2.33. The zero-order valence-corrected chi connectivity index (χ0v) is 9.43. The zero-order valence-electron chi connectivity index (χ0n) is 7.85. The smallest absolute Gasteiger partial charge is 0.303 e. The highest BCUT2D eigenvalue weighted by atomic mass is 79.9. The van der Waals surface area contributed by atoms with Gasteiger partial charge in [0.2, 0.25) is 0 Å². The van der Waals surface area contributed by atoms with Crippen molar-refractivity contribution in [2.24, 2.45) is 11.3 Å². The summed E-state index contributed by atoms with van der Waals surface area (Å²) in [5.41, 5.74) is 1.17. The van der Waals surface area contributed by atoms with Gasteiger partial charge in [0.15, 0.2) is 0 Å². The Morgan fingerprint density at radius 2 is 2.46 bits per heavy atom. The molecule has 1 aliphatic rings. The minimum absolute atomic E-state index is 0.0155. The molecule has 1 fully saturated rings. The molecule has 2 atom stereocenters. The molecular weight excluding hydrogens is 232 g/mol. The molecule has 0 spiro atoms. The van der Waals surface area contributed by atoms with Crippen LogP contribution in [0.4, 0.5) is 0 Å². The summed E-state index contributed by atoms with van der Waals surface area (Å²) in [6.07, 6.45) is 2.20. The van der Waals surface area contributed by atoms with E-state index in [4.69, 9.17) is 5.11 Å². The predicted octanol–water partition coefficient (Wildman–Crippen LogP) is 2.83. The lowest BCUT2D eigenvalue weighted by atomic mass is 9.78. The molecule has 0 unspecified atom stereocenters. The quantitative estimate of drug-likeness (QED) is 0.615. The van der Waals surface area contributed by atoms with Crippen molar-refractivity contribution in [2.75, 3.05) is 5.33 Å². The van der Waals surface area contributed by atoms with E-state index < -0.39 is 5.97 Å². The van der Waals surface area contributed by atoms with Gasteiger partial charge >= 0.3 is 5.97 Å². The first-order chi connectivity index (χ1) is 6.00. The summed E-state index contributed by atoms with van der Waals surface area (Å²) in [5.74, 6) is -0.455. The number of hydrogen-bond donors (Lipinski definition) is 1. The lowest BCUT2D eigenvalue weighted by Crippen LogP contribution is -2.26. The van der Waals surface area contributed by atoms with E-state index in [0.29, 0.717) is 0 Å². The summed E-state index contributed by atoms with van der Waals surface area (Å²) in [4.78, 5) is 10.6. The van der Waals surface area contributed by atoms with Gasteiger partial charge in [0.05, 0.1) is 0 Å². The number of rotatable bonds is 3. The maximum atomic E-state index is 10.6. The number of carboxylic acid groups (broad SMARTS) is 1. The number of hydrogen-bond acceptors (Lipinski definition) is 1. The van der Waals surface area contributed by atoms with Gasteiger partial charge in [-0.2, -0.15) is 0 Å². The topological polar surface area (TPSA) is 37.3 Å². The van der Waals surface area contributed by atoms with E-state index in [1.807, 2.05) is 0 Å². The normalized spacial score (nSPS) is 33.7. The van der Waals surface area contributed by atoms with Crippen LogP contribution in [0.5, 0.6) is 0 Å². The van der Waals surface area contributed by atoms with Gasteiger partial charge in [-0.3, -0.25) is 4.79 Å². The lowest BCUT2D eigenvalue weighted by molar-refractivity contribution is -0.138. The molecule has 0 aromatic carbocycles. The van der Waals surface area contributed by atoms with E-state index in [9.17, 15) is 4.79 Å². The molecule has 0 heterocycles. The third kappa shape index (κ3) is 1.96. The van der Waals surface area contributed by atoms with E-state index >= 15 is 0 Å². The van der Waals surface area contributed by atoms with Crippen LogP contribution in [0, 0.1) is 11.3 Å². The minimum Gasteiger partial charge on any atom is -0.481 e. The van der Waals surface area contributed by atoms with Crippen LogP contribution in [-0.4, -0.2) is 16.4 Å². The maximum Gasteiger partial charge on any atom is 0.303 e. The number of halogens is 1. The van der Waals surface area contributed by atoms with Crippen molar-refractivity contribution in [2.45, 2.75) is 26.2 Å². The first-order valence-corrected chi connectivity index (χ1v) is 5.59. The van der Waals surface area contributed by atoms with E-state index in [-0.39, 0.29) is 17.8 Å². The maximum absolute atomic E-state index is 10.6. The molecule has 0 aromatic heterocycles. The van der Waals surface area contributed by atoms with Gasteiger partial charge in [-0.15, -0.1) is 0 Å². The molecule has 1 N–H and O–H groups in total. The van der Waals surface area contributed by atoms with Crippen LogP contribution in [0.2, 0.25) is 0 Å². The second-order valence-corrected chi connectivity index (χ2v) is 4.55. The number of carbonyl (C=O) groups is 1. The molecule has 2 nitrogen and oxygen atoms in total. The molecule has 1 aliphatic carbocycles. The van der Waals surface area contributed by atoms with Crippen LogP contribution in [0.15, 0.2) is 12.2 Å². The molecule has 0 radical (unpaired) electrons. The van der Waals surface area contributed by atoms with Gasteiger partial charge in [0, 0.05) is 17.2 Å². The van der Waals surface area contributed by atoms with Crippen LogP contribution >= 0.6 is 15.9 Å². The third-order valence-corrected chi connectivity index (χ3v) is 4.37. The highest BCUT2D eigenvalue weighted by Gasteiger charge is 2.41. The Morgan fingerprint density at radius 3 is 2.92 bits per heavy atom. The summed E-state index contributed by atoms with van der Waals surface area (Å²) in [7, 11) is 0. The number of carboxylic acids is 1. The summed E-state index contributed by atoms with van der Waals surface area (Å²) in [5, 5.41) is 9.56. The fourth-order valence-electron chi connectivity index (χ4n) is 1.98. The van der Waals surface area contributed by atoms with Crippen molar-refractivity contribution >= 4 is 21.9 Å². The lowest BCUT2D eigenvalue weighted by Gasteiger charge is -2.29. The SMILES string of the molecule is C=C1CC[C@@H](CC(=O)O)[C@@]1(C)CBr. The van der Waals surface area contributed by atoms with Crippen LogP contribution in [0.25, 0.3) is 0 Å². The molecule has 0 saturated heterocycles. The van der Waals surface area contributed by atoms with Crippen molar-refractivity contribution in [1.82, 2.24) is 0 Å². The Bertz CT molecular complexity index is 237. The Kier molecular flexibility index (Phi) is 3.17. The van der Waals surface area contributed by atoms with Crippen LogP contribution < -0.4 is 0 Å². The monoisotopic (exact) mass is 246 g/mol. The van der Waals surface area contributed by atoms with Crippen molar-refractivity contribution < 1.29 is 9.90 Å². The highest BCUT2D eigenvalue weighted by Crippen LogP contribution is 2.49. The summed E-state index contributed by atoms with van der Waals surface area (Å²) in [6.45, 7) is 6.11. The van der Waals surface area contributed by atoms with Crippen molar-refractivity contribution in [3.8, 4) is 0 Å². The van der Waals surface area contributed by atoms with Gasteiger partial charge in [0.25, 0.3) is 0 Å². The number of aliphatic carboxylic acids is 1. The second kappa shape index (κ2) is 3.82. The molecule has 1 saturated carbocycles. The van der Waals surface area contributed by atoms with Gasteiger partial charge < -0.3 is 5.11 Å². The van der Waals surface area contributed by atoms with Crippen LogP contribution in [0.1, 0.15) is 26.2 Å². The first-order valence-electron chi connectivity index (χ1n) is 4.46. The molecule has 0 bridgehead atoms. The fourth-order valence-corrected chi connectivity index (χ4v) is 2.84. The standard InChI is InChI=1S/C10H15BrO2/c1-7-3-4-8(5-9(12)13)10(7,2)6-11/h8H,1,3-6H2,2H3,(H,12,13)/t8-,10-/m0/s1. The van der Waals surface area contributed by atoms with Crippen molar-refractivity contribution in [3.63, 3.8) is 0 Å². The predicted molar refractivity (Wildman–Crippen MR) is 56.0 cm³/mol. The zero-order chi connectivity index (χ0) is 10.1. The van der Waals surface area contributed by atoms with E-state index in [1.54, 1.807) is 0 Å². The number of alkyl halides is 1. The molecule has 74 valence electrons. The first kappa shape index (κ1) is 10.8. The Balaban J connectivity index is 2.75. The average molecular weight is 247 g/mol. The molecule has 1 rings (SSSR count). The Hall–Kier alpha value is -0.310. The fraction of sp³-hybridized carbons (Fsp3) is 0.700. The second-order valence-electron chi connectivity index (χ2n) is 3.99. The van der Waals surface area contributed by atoms with Crippen molar-refractivity contribution in [3.05, 3.63) is 12.2 Å². The largest absolute Gasteiger partial charge is 0.481 e. The van der Waals surface area contributed by atoms with Gasteiger partial charge in [-0.05, 0) is 18.8 Å². The van der Waals surface area contributed by atoms with E-state index in [0.717, 1.165) is 18.2 Å². The van der Waals surface area contributed by atoms with Crippen LogP contribution in [0.3, 0.4) is 0 Å². The van der Waals surface area contributed by atoms with E-state index in [2.05, 4.69) is 29.4 Å². The van der Waals surface area contributed by atoms with E-state index in [1.165, 1.54) is 5.57 Å². The summed E-state index contributed by atoms with van der Waals surface area (Å²) >= 11 is 3.45. The Morgan fingerprint density at radius 1 is 1.85 bits per heavy atom. The molecule has 13 heavy (non-hydrogen) atoms. The van der Waals surface area contributed by atoms with Gasteiger partial charge in [-0.1, -0.05) is 35.0 Å². The third-order valence-electron chi connectivity index (χ3n) is 3.20. The Labute approximate surface area is 87.2 Å². The molecular formula is C10H15BrO2. The number of allylic oxidation sites excluding steroid dienone is 1. The van der Waals surface area contributed by atoms with Gasteiger partial charge in [-0.25, -0.2) is 0 Å². The van der Waals surface area contributed by atoms with Crippen LogP contribution in [-0.2, 0) is 4.79 Å². The minimum atomic E-state index is -0.702. The molecule has 0 amide bonds. The van der Waals surface area contributed by atoms with Gasteiger partial charge in [0.1, 0.15) is 0 Å². The molecule has 0 aliphatic heterocycles. The summed E-state index contributed by atoms with van der Waals surface area (Å²) in [6, 6.07) is 0. The molecule has 0 aromatic rings. The highest BCUT2D eigenvalue weighted by molar-refractivity contribution is 9.09. The summed E-state index contributed by atoms with van der Waals surface area (Å²) < 4.78 is 0. The molecule has 3 heteroatoms.